The Labute approximate surface area is 149 Å². The van der Waals surface area contributed by atoms with Gasteiger partial charge >= 0.3 is 13.3 Å². The van der Waals surface area contributed by atoms with Crippen LogP contribution in [0.3, 0.4) is 0 Å². The molecule has 0 unspecified atom stereocenters. The highest BCUT2D eigenvalue weighted by atomic mass is 79.9. The lowest BCUT2D eigenvalue weighted by Gasteiger charge is -2.19. The SMILES string of the molecule is Cn1nnnc1SCCCc1ccc(C(F)(F)P(=O)(O)O)c(Br)c1. The molecule has 0 amide bonds. The Kier molecular flexibility index (Phi) is 6.14. The smallest absolute Gasteiger partial charge is 0.320 e. The Morgan fingerprint density at radius 3 is 2.67 bits per heavy atom. The molecule has 2 N–H and O–H groups in total. The van der Waals surface area contributed by atoms with E-state index in [9.17, 15) is 13.3 Å². The zero-order valence-electron chi connectivity index (χ0n) is 12.4. The van der Waals surface area contributed by atoms with Crippen LogP contribution in [0.15, 0.2) is 27.8 Å². The highest BCUT2D eigenvalue weighted by Gasteiger charge is 2.51. The maximum Gasteiger partial charge on any atom is 0.399 e. The minimum Gasteiger partial charge on any atom is -0.320 e. The third-order valence-electron chi connectivity index (χ3n) is 3.15. The van der Waals surface area contributed by atoms with E-state index in [2.05, 4.69) is 31.5 Å². The van der Waals surface area contributed by atoms with Gasteiger partial charge in [0.2, 0.25) is 5.16 Å². The molecule has 7 nitrogen and oxygen atoms in total. The molecule has 2 aromatic rings. The molecule has 0 radical (unpaired) electrons. The van der Waals surface area contributed by atoms with E-state index in [4.69, 9.17) is 9.79 Å². The summed E-state index contributed by atoms with van der Waals surface area (Å²) in [4.78, 5) is 17.6. The largest absolute Gasteiger partial charge is 0.399 e. The lowest BCUT2D eigenvalue weighted by Crippen LogP contribution is -2.14. The lowest BCUT2D eigenvalue weighted by atomic mass is 10.1. The first kappa shape index (κ1) is 19.5. The van der Waals surface area contributed by atoms with Crippen molar-refractivity contribution in [3.8, 4) is 0 Å². The number of benzene rings is 1. The quantitative estimate of drug-likeness (QED) is 0.386. The molecule has 24 heavy (non-hydrogen) atoms. The third-order valence-corrected chi connectivity index (χ3v) is 5.87. The van der Waals surface area contributed by atoms with E-state index in [0.29, 0.717) is 11.6 Å². The molecule has 0 aliphatic heterocycles. The van der Waals surface area contributed by atoms with Gasteiger partial charge < -0.3 is 9.79 Å². The second-order valence-electron chi connectivity index (χ2n) is 4.94. The molecule has 2 rings (SSSR count). The predicted octanol–water partition coefficient (Wildman–Crippen LogP) is 2.92. The van der Waals surface area contributed by atoms with Gasteiger partial charge in [0.05, 0.1) is 0 Å². The summed E-state index contributed by atoms with van der Waals surface area (Å²) in [5, 5.41) is 11.8. The molecule has 1 aromatic carbocycles. The summed E-state index contributed by atoms with van der Waals surface area (Å²) in [7, 11) is -3.84. The maximum absolute atomic E-state index is 13.7. The third kappa shape index (κ3) is 4.40. The van der Waals surface area contributed by atoms with E-state index in [1.807, 2.05) is 0 Å². The van der Waals surface area contributed by atoms with E-state index < -0.39 is 18.8 Å². The van der Waals surface area contributed by atoms with Gasteiger partial charge in [0.1, 0.15) is 0 Å². The van der Waals surface area contributed by atoms with Crippen molar-refractivity contribution in [3.63, 3.8) is 0 Å². The zero-order valence-corrected chi connectivity index (χ0v) is 15.7. The Morgan fingerprint density at radius 2 is 2.12 bits per heavy atom. The normalized spacial score (nSPS) is 12.6. The molecular weight excluding hydrogens is 429 g/mol. The van der Waals surface area contributed by atoms with E-state index in [1.165, 1.54) is 23.9 Å². The zero-order chi connectivity index (χ0) is 18.0. The minimum absolute atomic E-state index is 0.0292. The summed E-state index contributed by atoms with van der Waals surface area (Å²) in [5.41, 5.74) is -4.17. The van der Waals surface area contributed by atoms with Crippen LogP contribution in [0.4, 0.5) is 8.78 Å². The van der Waals surface area contributed by atoms with Crippen molar-refractivity contribution in [2.75, 3.05) is 5.75 Å². The van der Waals surface area contributed by atoms with Gasteiger partial charge in [0.15, 0.2) is 0 Å². The number of aromatic nitrogens is 4. The van der Waals surface area contributed by atoms with Crippen molar-refractivity contribution in [2.24, 2.45) is 7.05 Å². The van der Waals surface area contributed by atoms with Crippen LogP contribution in [0.25, 0.3) is 0 Å². The summed E-state index contributed by atoms with van der Waals surface area (Å²) < 4.78 is 39.9. The van der Waals surface area contributed by atoms with Gasteiger partial charge in [-0.2, -0.15) is 8.78 Å². The van der Waals surface area contributed by atoms with Gasteiger partial charge in [-0.1, -0.05) is 39.8 Å². The highest BCUT2D eigenvalue weighted by molar-refractivity contribution is 9.10. The number of tetrazole rings is 1. The van der Waals surface area contributed by atoms with E-state index in [1.54, 1.807) is 11.7 Å². The molecule has 0 saturated heterocycles. The molecule has 12 heteroatoms. The van der Waals surface area contributed by atoms with Gasteiger partial charge in [0, 0.05) is 22.8 Å². The summed E-state index contributed by atoms with van der Waals surface area (Å²) >= 11 is 4.45. The van der Waals surface area contributed by atoms with Crippen LogP contribution >= 0.6 is 35.3 Å². The first-order valence-corrected chi connectivity index (χ1v) is 10.1. The summed E-state index contributed by atoms with van der Waals surface area (Å²) in [6.07, 6.45) is 1.39. The van der Waals surface area contributed by atoms with Gasteiger partial charge in [0.25, 0.3) is 0 Å². The van der Waals surface area contributed by atoms with E-state index >= 15 is 0 Å². The first-order valence-electron chi connectivity index (χ1n) is 6.70. The Balaban J connectivity index is 1.97. The van der Waals surface area contributed by atoms with Crippen molar-refractivity contribution in [2.45, 2.75) is 23.7 Å². The monoisotopic (exact) mass is 442 g/mol. The Bertz CT molecular complexity index is 771. The first-order chi connectivity index (χ1) is 11.1. The number of alkyl halides is 2. The number of aryl methyl sites for hydroxylation is 2. The Hall–Kier alpha value is -0.870. The van der Waals surface area contributed by atoms with Crippen LogP contribution < -0.4 is 0 Å². The summed E-state index contributed by atoms with van der Waals surface area (Å²) in [5.74, 6) is 0.742. The fourth-order valence-corrected chi connectivity index (χ4v) is 4.02. The minimum atomic E-state index is -5.58. The average molecular weight is 443 g/mol. The lowest BCUT2D eigenvalue weighted by molar-refractivity contribution is 0.0557. The molecule has 0 fully saturated rings. The fraction of sp³-hybridized carbons (Fsp3) is 0.417. The maximum atomic E-state index is 13.7. The number of nitrogens with zero attached hydrogens (tertiary/aromatic N) is 4. The number of thioether (sulfide) groups is 1. The second kappa shape index (κ2) is 7.57. The number of hydrogen-bond acceptors (Lipinski definition) is 5. The highest BCUT2D eigenvalue weighted by Crippen LogP contribution is 2.60. The van der Waals surface area contributed by atoms with Gasteiger partial charge in [-0.15, -0.1) is 5.10 Å². The molecule has 0 aliphatic carbocycles. The van der Waals surface area contributed by atoms with Crippen molar-refractivity contribution >= 4 is 35.3 Å². The number of hydrogen-bond donors (Lipinski definition) is 2. The van der Waals surface area contributed by atoms with Crippen LogP contribution in [-0.2, 0) is 23.7 Å². The molecule has 0 atom stereocenters. The number of rotatable bonds is 7. The van der Waals surface area contributed by atoms with E-state index in [0.717, 1.165) is 23.8 Å². The van der Waals surface area contributed by atoms with Gasteiger partial charge in [-0.05, 0) is 34.9 Å². The van der Waals surface area contributed by atoms with Gasteiger partial charge in [-0.3, -0.25) is 4.57 Å². The summed E-state index contributed by atoms with van der Waals surface area (Å²) in [6, 6.07) is 3.93. The molecule has 0 bridgehead atoms. The molecule has 1 heterocycles. The second-order valence-corrected chi connectivity index (χ2v) is 8.50. The van der Waals surface area contributed by atoms with Crippen LogP contribution in [0, 0.1) is 0 Å². The Morgan fingerprint density at radius 1 is 1.42 bits per heavy atom. The van der Waals surface area contributed by atoms with Crippen molar-refractivity contribution in [1.82, 2.24) is 20.2 Å². The predicted molar refractivity (Wildman–Crippen MR) is 87.9 cm³/mol. The molecule has 0 spiro atoms. The average Bonchev–Trinajstić information content (AvgIpc) is 2.87. The van der Waals surface area contributed by atoms with Crippen LogP contribution in [0.5, 0.6) is 0 Å². The summed E-state index contributed by atoms with van der Waals surface area (Å²) in [6.45, 7) is 0. The van der Waals surface area contributed by atoms with Crippen molar-refractivity contribution < 1.29 is 23.1 Å². The number of halogens is 3. The van der Waals surface area contributed by atoms with Crippen LogP contribution in [0.1, 0.15) is 17.5 Å². The van der Waals surface area contributed by atoms with Crippen LogP contribution in [-0.4, -0.2) is 35.7 Å². The van der Waals surface area contributed by atoms with Gasteiger partial charge in [-0.25, -0.2) is 4.68 Å². The standard InChI is InChI=1S/C12H14BrF2N4O3PS/c1-19-11(16-17-18-19)24-6-2-3-8-4-5-9(10(13)7-8)12(14,15)23(20,21)22/h4-5,7H,2-3,6H2,1H3,(H2,20,21,22). The molecule has 0 aliphatic rings. The van der Waals surface area contributed by atoms with Crippen molar-refractivity contribution in [1.29, 1.82) is 0 Å². The van der Waals surface area contributed by atoms with Crippen LogP contribution in [0.2, 0.25) is 0 Å². The molecule has 0 saturated carbocycles. The van der Waals surface area contributed by atoms with E-state index in [-0.39, 0.29) is 4.47 Å². The molecule has 132 valence electrons. The fourth-order valence-electron chi connectivity index (χ4n) is 1.90. The van der Waals surface area contributed by atoms with Crippen molar-refractivity contribution in [3.05, 3.63) is 33.8 Å². The molecular formula is C12H14BrF2N4O3PS. The topological polar surface area (TPSA) is 101 Å². The molecule has 1 aromatic heterocycles.